The molecule has 1 aliphatic rings. The van der Waals surface area contributed by atoms with Crippen molar-refractivity contribution in [1.29, 1.82) is 0 Å². The zero-order valence-electron chi connectivity index (χ0n) is 17.0. The van der Waals surface area contributed by atoms with E-state index in [1.165, 1.54) is 8.99 Å². The number of carbonyl (C=O) groups is 1. The van der Waals surface area contributed by atoms with Gasteiger partial charge in [-0.05, 0) is 54.7 Å². The van der Waals surface area contributed by atoms with E-state index in [4.69, 9.17) is 9.84 Å². The lowest BCUT2D eigenvalue weighted by molar-refractivity contribution is -0.137. The summed E-state index contributed by atoms with van der Waals surface area (Å²) >= 11 is -2.27. The molecular formula is C22H23N3O5S. The van der Waals surface area contributed by atoms with Crippen LogP contribution in [0.3, 0.4) is 0 Å². The fraction of sp³-hybridized carbons (Fsp3) is 0.273. The highest BCUT2D eigenvalue weighted by Crippen LogP contribution is 2.39. The van der Waals surface area contributed by atoms with Crippen molar-refractivity contribution < 1.29 is 23.4 Å². The van der Waals surface area contributed by atoms with Crippen molar-refractivity contribution >= 4 is 22.9 Å². The third kappa shape index (κ3) is 4.33. The third-order valence-corrected chi connectivity index (χ3v) is 6.29. The monoisotopic (exact) mass is 441 g/mol. The Balaban J connectivity index is 1.70. The zero-order valence-corrected chi connectivity index (χ0v) is 17.8. The maximum Gasteiger partial charge on any atom is 0.325 e. The second-order valence-corrected chi connectivity index (χ2v) is 8.20. The van der Waals surface area contributed by atoms with Gasteiger partial charge in [-0.15, -0.1) is 0 Å². The van der Waals surface area contributed by atoms with Crippen LogP contribution in [0.5, 0.6) is 5.75 Å². The van der Waals surface area contributed by atoms with Crippen LogP contribution in [0.15, 0.2) is 54.7 Å². The van der Waals surface area contributed by atoms with Crippen LogP contribution in [0.1, 0.15) is 30.1 Å². The van der Waals surface area contributed by atoms with Crippen LogP contribution < -0.4 is 9.04 Å². The van der Waals surface area contributed by atoms with Gasteiger partial charge in [0.1, 0.15) is 12.3 Å². The average Bonchev–Trinajstić information content (AvgIpc) is 3.17. The average molecular weight is 442 g/mol. The van der Waals surface area contributed by atoms with Crippen molar-refractivity contribution in [2.75, 3.05) is 11.4 Å². The van der Waals surface area contributed by atoms with E-state index in [0.29, 0.717) is 18.5 Å². The fourth-order valence-corrected chi connectivity index (χ4v) is 4.82. The molecule has 4 rings (SSSR count). The number of rotatable bonds is 7. The predicted octanol–water partition coefficient (Wildman–Crippen LogP) is 3.66. The Kier molecular flexibility index (Phi) is 6.06. The Morgan fingerprint density at radius 2 is 2.03 bits per heavy atom. The van der Waals surface area contributed by atoms with Gasteiger partial charge < -0.3 is 9.84 Å². The van der Waals surface area contributed by atoms with Gasteiger partial charge in [0.2, 0.25) is 0 Å². The minimum absolute atomic E-state index is 0.225. The van der Waals surface area contributed by atoms with Gasteiger partial charge in [-0.1, -0.05) is 24.3 Å². The summed E-state index contributed by atoms with van der Waals surface area (Å²) in [6.07, 6.45) is 3.76. The number of aromatic nitrogens is 2. The highest BCUT2D eigenvalue weighted by Gasteiger charge is 2.32. The number of hydrogen-bond donors (Lipinski definition) is 2. The number of carboxylic acid groups (broad SMARTS) is 1. The molecule has 2 unspecified atom stereocenters. The van der Waals surface area contributed by atoms with Gasteiger partial charge in [-0.2, -0.15) is 5.10 Å². The van der Waals surface area contributed by atoms with Crippen molar-refractivity contribution in [2.24, 2.45) is 0 Å². The summed E-state index contributed by atoms with van der Waals surface area (Å²) in [5, 5.41) is 13.4. The number of carboxylic acids is 1. The van der Waals surface area contributed by atoms with Gasteiger partial charge >= 0.3 is 5.97 Å². The fourth-order valence-electron chi connectivity index (χ4n) is 4.09. The van der Waals surface area contributed by atoms with Gasteiger partial charge in [-0.3, -0.25) is 18.3 Å². The van der Waals surface area contributed by atoms with E-state index >= 15 is 0 Å². The maximum absolute atomic E-state index is 12.4. The highest BCUT2D eigenvalue weighted by atomic mass is 32.2. The number of aliphatic carboxylic acids is 1. The van der Waals surface area contributed by atoms with Crippen LogP contribution in [0.25, 0.3) is 11.1 Å². The molecular weight excluding hydrogens is 418 g/mol. The summed E-state index contributed by atoms with van der Waals surface area (Å²) in [6.45, 7) is -0.225. The van der Waals surface area contributed by atoms with Gasteiger partial charge in [-0.25, -0.2) is 4.21 Å². The second kappa shape index (κ2) is 8.91. The Morgan fingerprint density at radius 1 is 1.26 bits per heavy atom. The van der Waals surface area contributed by atoms with E-state index in [9.17, 15) is 13.6 Å². The van der Waals surface area contributed by atoms with Crippen molar-refractivity contribution in [1.82, 2.24) is 9.78 Å². The van der Waals surface area contributed by atoms with E-state index in [-0.39, 0.29) is 12.6 Å². The predicted molar refractivity (Wildman–Crippen MR) is 117 cm³/mol. The molecule has 0 saturated heterocycles. The minimum Gasteiger partial charge on any atom is -0.497 e. The number of fused-ring (bicyclic) bond motifs is 1. The van der Waals surface area contributed by atoms with E-state index in [1.54, 1.807) is 19.4 Å². The summed E-state index contributed by atoms with van der Waals surface area (Å²) < 4.78 is 30.8. The molecule has 2 N–H and O–H groups in total. The van der Waals surface area contributed by atoms with Crippen LogP contribution in [0, 0.1) is 0 Å². The van der Waals surface area contributed by atoms with Crippen LogP contribution in [-0.4, -0.2) is 36.7 Å². The number of methoxy groups -OCH3 is 1. The van der Waals surface area contributed by atoms with Crippen LogP contribution in [0.4, 0.5) is 5.69 Å². The van der Waals surface area contributed by atoms with Crippen LogP contribution in [-0.2, 0) is 29.0 Å². The summed E-state index contributed by atoms with van der Waals surface area (Å²) in [6, 6.07) is 14.7. The SMILES string of the molecule is COc1ccc(-c2cccc(N(C3CCCc4c3cnn4CC(=O)O)S(=O)O)c2)cc1. The van der Waals surface area contributed by atoms with Crippen LogP contribution in [0.2, 0.25) is 0 Å². The standard InChI is InChI=1S/C22H23N3O5S/c1-30-18-10-8-15(9-11-18)16-4-2-5-17(12-16)25(31(28)29)21-7-3-6-20-19(21)13-23-24(20)14-22(26)27/h2,4-5,8-13,21H,3,6-7,14H2,1H3,(H,26,27)(H,28,29). The molecule has 1 aliphatic carbocycles. The van der Waals surface area contributed by atoms with Crippen molar-refractivity contribution in [2.45, 2.75) is 31.8 Å². The molecule has 0 saturated carbocycles. The summed E-state index contributed by atoms with van der Waals surface area (Å²) in [5.41, 5.74) is 4.08. The van der Waals surface area contributed by atoms with E-state index in [2.05, 4.69) is 5.10 Å². The van der Waals surface area contributed by atoms with Gasteiger partial charge in [0, 0.05) is 11.3 Å². The molecule has 0 spiro atoms. The van der Waals surface area contributed by atoms with Crippen molar-refractivity contribution in [3.63, 3.8) is 0 Å². The topological polar surface area (TPSA) is 105 Å². The molecule has 0 amide bonds. The van der Waals surface area contributed by atoms with E-state index < -0.39 is 17.2 Å². The molecule has 2 aromatic carbocycles. The summed E-state index contributed by atoms with van der Waals surface area (Å²) in [4.78, 5) is 11.1. The normalized spacial score (nSPS) is 16.4. The second-order valence-electron chi connectivity index (χ2n) is 7.34. The largest absolute Gasteiger partial charge is 0.497 e. The van der Waals surface area contributed by atoms with Crippen molar-refractivity contribution in [3.05, 3.63) is 66.0 Å². The maximum atomic E-state index is 12.4. The lowest BCUT2D eigenvalue weighted by Gasteiger charge is -2.33. The lowest BCUT2D eigenvalue weighted by atomic mass is 9.92. The van der Waals surface area contributed by atoms with Gasteiger partial charge in [0.05, 0.1) is 25.0 Å². The molecule has 0 bridgehead atoms. The molecule has 2 atom stereocenters. The molecule has 0 aliphatic heterocycles. The number of anilines is 1. The first-order valence-electron chi connectivity index (χ1n) is 9.89. The lowest BCUT2D eigenvalue weighted by Crippen LogP contribution is -2.33. The molecule has 1 aromatic heterocycles. The molecule has 31 heavy (non-hydrogen) atoms. The molecule has 162 valence electrons. The zero-order chi connectivity index (χ0) is 22.0. The number of ether oxygens (including phenoxy) is 1. The van der Waals surface area contributed by atoms with E-state index in [1.807, 2.05) is 42.5 Å². The number of hydrogen-bond acceptors (Lipinski definition) is 4. The first kappa shape index (κ1) is 21.1. The molecule has 0 radical (unpaired) electrons. The molecule has 1 heterocycles. The third-order valence-electron chi connectivity index (χ3n) is 5.49. The minimum atomic E-state index is -2.27. The smallest absolute Gasteiger partial charge is 0.325 e. The highest BCUT2D eigenvalue weighted by molar-refractivity contribution is 7.80. The Hall–Kier alpha value is -3.17. The number of nitrogens with zero attached hydrogens (tertiary/aromatic N) is 3. The van der Waals surface area contributed by atoms with E-state index in [0.717, 1.165) is 34.6 Å². The molecule has 8 nitrogen and oxygen atoms in total. The molecule has 0 fully saturated rings. The Bertz CT molecular complexity index is 1110. The Morgan fingerprint density at radius 3 is 2.71 bits per heavy atom. The van der Waals surface area contributed by atoms with Crippen LogP contribution >= 0.6 is 0 Å². The Labute approximate surface area is 182 Å². The first-order chi connectivity index (χ1) is 15.0. The summed E-state index contributed by atoms with van der Waals surface area (Å²) in [5.74, 6) is -0.214. The number of benzene rings is 2. The quantitative estimate of drug-likeness (QED) is 0.542. The molecule has 3 aromatic rings. The summed E-state index contributed by atoms with van der Waals surface area (Å²) in [7, 11) is 1.61. The van der Waals surface area contributed by atoms with Gasteiger partial charge in [0.15, 0.2) is 0 Å². The first-order valence-corrected chi connectivity index (χ1v) is 11.0. The van der Waals surface area contributed by atoms with Crippen molar-refractivity contribution in [3.8, 4) is 16.9 Å². The van der Waals surface area contributed by atoms with Gasteiger partial charge in [0.25, 0.3) is 11.3 Å². The molecule has 9 heteroatoms.